The lowest BCUT2D eigenvalue weighted by Gasteiger charge is -2.18. The number of carbonyl (C=O) groups is 2. The molecule has 0 heterocycles. The van der Waals surface area contributed by atoms with Gasteiger partial charge in [0.2, 0.25) is 0 Å². The predicted molar refractivity (Wildman–Crippen MR) is 74.6 cm³/mol. The third-order valence-electron chi connectivity index (χ3n) is 2.55. The summed E-state index contributed by atoms with van der Waals surface area (Å²) in [6.45, 7) is 2.00. The number of hydrogen-bond donors (Lipinski definition) is 2. The minimum Gasteiger partial charge on any atom is -0.352 e. The van der Waals surface area contributed by atoms with Crippen LogP contribution < -0.4 is 11.1 Å². The lowest BCUT2D eigenvalue weighted by Crippen LogP contribution is -2.33. The van der Waals surface area contributed by atoms with Crippen LogP contribution in [0.2, 0.25) is 0 Å². The predicted octanol–water partition coefficient (Wildman–Crippen LogP) is 2.26. The summed E-state index contributed by atoms with van der Waals surface area (Å²) in [6, 6.07) is 18.8. The van der Waals surface area contributed by atoms with Crippen LogP contribution in [-0.4, -0.2) is 12.8 Å². The Bertz CT molecular complexity index is 461. The first-order valence-corrected chi connectivity index (χ1v) is 5.72. The monoisotopic (exact) mass is 256 g/mol. The van der Waals surface area contributed by atoms with Gasteiger partial charge in [-0.3, -0.25) is 0 Å². The molecule has 0 aromatic heterocycles. The normalized spacial score (nSPS) is 9.32. The molecule has 0 unspecified atom stereocenters. The van der Waals surface area contributed by atoms with Crippen molar-refractivity contribution >= 4 is 12.8 Å². The molecule has 2 aromatic carbocycles. The van der Waals surface area contributed by atoms with Crippen molar-refractivity contribution in [1.82, 2.24) is 5.32 Å². The molecule has 0 aliphatic carbocycles. The number of rotatable bonds is 3. The number of primary amides is 1. The Morgan fingerprint density at radius 1 is 0.895 bits per heavy atom. The molecule has 4 heteroatoms. The maximum atomic E-state index is 11.1. The minimum atomic E-state index is -0.525. The van der Waals surface area contributed by atoms with Crippen molar-refractivity contribution in [2.45, 2.75) is 6.04 Å². The summed E-state index contributed by atoms with van der Waals surface area (Å²) in [6.07, 6.45) is 0. The third-order valence-corrected chi connectivity index (χ3v) is 2.55. The number of nitrogens with one attached hydrogen (secondary N) is 1. The Morgan fingerprint density at radius 2 is 1.26 bits per heavy atom. The fraction of sp³-hybridized carbons (Fsp3) is 0.0667. The molecule has 2 amide bonds. The van der Waals surface area contributed by atoms with Crippen molar-refractivity contribution in [2.75, 3.05) is 0 Å². The second-order valence-electron chi connectivity index (χ2n) is 3.76. The van der Waals surface area contributed by atoms with E-state index in [0.29, 0.717) is 0 Å². The molecule has 0 radical (unpaired) electrons. The number of amides is 2. The van der Waals surface area contributed by atoms with E-state index in [-0.39, 0.29) is 6.04 Å². The summed E-state index contributed by atoms with van der Waals surface area (Å²) in [4.78, 5) is 19.1. The quantitative estimate of drug-likeness (QED) is 0.884. The van der Waals surface area contributed by atoms with Crippen LogP contribution in [0.4, 0.5) is 4.79 Å². The molecule has 0 atom stereocenters. The third kappa shape index (κ3) is 4.27. The molecule has 0 spiro atoms. The molecule has 0 aliphatic heterocycles. The summed E-state index contributed by atoms with van der Waals surface area (Å²) in [5, 5.41) is 2.75. The summed E-state index contributed by atoms with van der Waals surface area (Å²) < 4.78 is 0. The first kappa shape index (κ1) is 14.4. The fourth-order valence-electron chi connectivity index (χ4n) is 1.79. The highest BCUT2D eigenvalue weighted by Gasteiger charge is 2.14. The van der Waals surface area contributed by atoms with Crippen LogP contribution in [0.25, 0.3) is 0 Å². The number of benzene rings is 2. The Labute approximate surface area is 112 Å². The molecule has 2 rings (SSSR count). The van der Waals surface area contributed by atoms with Crippen LogP contribution in [0.15, 0.2) is 60.7 Å². The van der Waals surface area contributed by atoms with Gasteiger partial charge in [-0.1, -0.05) is 60.7 Å². The van der Waals surface area contributed by atoms with Gasteiger partial charge < -0.3 is 15.8 Å². The molecule has 0 aliphatic rings. The highest BCUT2D eigenvalue weighted by molar-refractivity contribution is 5.72. The van der Waals surface area contributed by atoms with Crippen molar-refractivity contribution < 1.29 is 9.59 Å². The van der Waals surface area contributed by atoms with E-state index in [9.17, 15) is 4.79 Å². The summed E-state index contributed by atoms with van der Waals surface area (Å²) >= 11 is 0. The topological polar surface area (TPSA) is 72.2 Å². The smallest absolute Gasteiger partial charge is 0.312 e. The van der Waals surface area contributed by atoms with Crippen LogP contribution >= 0.6 is 0 Å². The number of nitrogens with two attached hydrogens (primary N) is 1. The zero-order chi connectivity index (χ0) is 14.1. The van der Waals surface area contributed by atoms with Gasteiger partial charge in [-0.25, -0.2) is 4.79 Å². The minimum absolute atomic E-state index is 0.199. The summed E-state index contributed by atoms with van der Waals surface area (Å²) in [7, 11) is 0. The molecule has 19 heavy (non-hydrogen) atoms. The summed E-state index contributed by atoms with van der Waals surface area (Å²) in [5.41, 5.74) is 7.24. The maximum absolute atomic E-state index is 11.1. The van der Waals surface area contributed by atoms with Crippen molar-refractivity contribution in [2.24, 2.45) is 5.73 Å². The second kappa shape index (κ2) is 7.66. The van der Waals surface area contributed by atoms with E-state index < -0.39 is 6.03 Å². The van der Waals surface area contributed by atoms with Crippen LogP contribution in [-0.2, 0) is 4.79 Å². The van der Waals surface area contributed by atoms with Gasteiger partial charge in [0.1, 0.15) is 6.79 Å². The van der Waals surface area contributed by atoms with E-state index in [1.807, 2.05) is 67.5 Å². The lowest BCUT2D eigenvalue weighted by molar-refractivity contribution is -0.0979. The molecule has 3 N–H and O–H groups in total. The molecule has 0 saturated carbocycles. The SMILES string of the molecule is C=O.NC(=O)NC(c1ccccc1)c1ccccc1. The van der Waals surface area contributed by atoms with Crippen molar-refractivity contribution in [3.63, 3.8) is 0 Å². The van der Waals surface area contributed by atoms with Crippen molar-refractivity contribution in [3.05, 3.63) is 71.8 Å². The Morgan fingerprint density at radius 3 is 1.58 bits per heavy atom. The van der Waals surface area contributed by atoms with E-state index in [1.165, 1.54) is 0 Å². The van der Waals surface area contributed by atoms with Crippen LogP contribution in [0.5, 0.6) is 0 Å². The average Bonchev–Trinajstić information content (AvgIpc) is 2.48. The maximum Gasteiger partial charge on any atom is 0.312 e. The van der Waals surface area contributed by atoms with Crippen LogP contribution in [0.1, 0.15) is 17.2 Å². The number of hydrogen-bond acceptors (Lipinski definition) is 2. The van der Waals surface area contributed by atoms with Gasteiger partial charge in [0.15, 0.2) is 0 Å². The van der Waals surface area contributed by atoms with Crippen LogP contribution in [0, 0.1) is 0 Å². The van der Waals surface area contributed by atoms with Crippen molar-refractivity contribution in [1.29, 1.82) is 0 Å². The Kier molecular flexibility index (Phi) is 5.82. The Hall–Kier alpha value is -2.62. The van der Waals surface area contributed by atoms with Gasteiger partial charge in [-0.2, -0.15) is 0 Å². The van der Waals surface area contributed by atoms with E-state index in [4.69, 9.17) is 10.5 Å². The molecule has 0 bridgehead atoms. The zero-order valence-corrected chi connectivity index (χ0v) is 10.5. The highest BCUT2D eigenvalue weighted by Crippen LogP contribution is 2.21. The molecule has 0 fully saturated rings. The molecule has 98 valence electrons. The van der Waals surface area contributed by atoms with Gasteiger partial charge in [-0.15, -0.1) is 0 Å². The van der Waals surface area contributed by atoms with Gasteiger partial charge in [-0.05, 0) is 11.1 Å². The Balaban J connectivity index is 0.000000861. The van der Waals surface area contributed by atoms with E-state index in [0.717, 1.165) is 11.1 Å². The lowest BCUT2D eigenvalue weighted by atomic mass is 9.99. The van der Waals surface area contributed by atoms with Gasteiger partial charge in [0, 0.05) is 0 Å². The molecule has 0 saturated heterocycles. The van der Waals surface area contributed by atoms with E-state index in [1.54, 1.807) is 0 Å². The first-order valence-electron chi connectivity index (χ1n) is 5.72. The number of urea groups is 1. The largest absolute Gasteiger partial charge is 0.352 e. The van der Waals surface area contributed by atoms with Gasteiger partial charge >= 0.3 is 6.03 Å². The van der Waals surface area contributed by atoms with Gasteiger partial charge in [0.05, 0.1) is 6.04 Å². The number of carbonyl (C=O) groups excluding carboxylic acids is 2. The van der Waals surface area contributed by atoms with Crippen molar-refractivity contribution in [3.8, 4) is 0 Å². The van der Waals surface area contributed by atoms with E-state index in [2.05, 4.69) is 5.32 Å². The van der Waals surface area contributed by atoms with E-state index >= 15 is 0 Å². The highest BCUT2D eigenvalue weighted by atomic mass is 16.2. The zero-order valence-electron chi connectivity index (χ0n) is 10.5. The standard InChI is InChI=1S/C14H14N2O.CH2O/c15-14(17)16-13(11-7-3-1-4-8-11)12-9-5-2-6-10-12;1-2/h1-10,13H,(H3,15,16,17);1H2. The average molecular weight is 256 g/mol. The first-order chi connectivity index (χ1) is 9.27. The summed E-state index contributed by atoms with van der Waals surface area (Å²) in [5.74, 6) is 0. The molecular formula is C15H16N2O2. The molecular weight excluding hydrogens is 240 g/mol. The molecule has 4 nitrogen and oxygen atoms in total. The van der Waals surface area contributed by atoms with Gasteiger partial charge in [0.25, 0.3) is 0 Å². The molecule has 2 aromatic rings. The second-order valence-corrected chi connectivity index (χ2v) is 3.76. The fourth-order valence-corrected chi connectivity index (χ4v) is 1.79. The van der Waals surface area contributed by atoms with Crippen LogP contribution in [0.3, 0.4) is 0 Å².